The molecule has 3 aromatic rings. The van der Waals surface area contributed by atoms with Gasteiger partial charge < -0.3 is 10.1 Å². The van der Waals surface area contributed by atoms with Gasteiger partial charge in [-0.15, -0.1) is 0 Å². The van der Waals surface area contributed by atoms with Crippen molar-refractivity contribution < 1.29 is 9.53 Å². The van der Waals surface area contributed by atoms with Gasteiger partial charge in [-0.05, 0) is 30.9 Å². The molecule has 1 aliphatic rings. The number of rotatable bonds is 5. The van der Waals surface area contributed by atoms with Crippen molar-refractivity contribution in [1.29, 1.82) is 5.26 Å². The number of hydrogen-bond acceptors (Lipinski definition) is 6. The lowest BCUT2D eigenvalue weighted by atomic mass is 10.0. The lowest BCUT2D eigenvalue weighted by Crippen LogP contribution is -2.32. The topological polar surface area (TPSA) is 131 Å². The summed E-state index contributed by atoms with van der Waals surface area (Å²) in [6.07, 6.45) is 7.65. The van der Waals surface area contributed by atoms with Gasteiger partial charge >= 0.3 is 0 Å². The lowest BCUT2D eigenvalue weighted by Gasteiger charge is -2.22. The van der Waals surface area contributed by atoms with E-state index < -0.39 is 0 Å². The number of nitrogens with zero attached hydrogens (tertiary/aromatic N) is 5. The summed E-state index contributed by atoms with van der Waals surface area (Å²) in [5.41, 5.74) is 0.658. The molecule has 3 aromatic heterocycles. The van der Waals surface area contributed by atoms with Gasteiger partial charge in [-0.1, -0.05) is 0 Å². The highest BCUT2D eigenvalue weighted by molar-refractivity contribution is 5.93. The van der Waals surface area contributed by atoms with Gasteiger partial charge in [-0.3, -0.25) is 14.7 Å². The largest absolute Gasteiger partial charge is 0.381 e. The maximum atomic E-state index is 12.6. The normalized spacial score (nSPS) is 14.4. The van der Waals surface area contributed by atoms with E-state index in [-0.39, 0.29) is 17.2 Å². The fraction of sp³-hybridized carbons (Fsp3) is 0.316. The number of H-pyrrole nitrogens is 1. The van der Waals surface area contributed by atoms with Crippen molar-refractivity contribution in [2.24, 2.45) is 5.92 Å². The number of aromatic amines is 1. The number of aromatic nitrogens is 5. The van der Waals surface area contributed by atoms with Crippen LogP contribution in [-0.4, -0.2) is 50.2 Å². The standard InChI is InChI=1S/C19H19N7O3/c20-7-14-9-23-25(12-14)16-11-24-26(19(16)28)17-2-1-15(10-21-17)18(27)22-8-13-3-5-29-6-4-13/h1-2,9-13,24H,3-6,8H2,(H,22,27). The Morgan fingerprint density at radius 2 is 2.17 bits per heavy atom. The zero-order valence-corrected chi connectivity index (χ0v) is 15.5. The van der Waals surface area contributed by atoms with E-state index >= 15 is 0 Å². The van der Waals surface area contributed by atoms with Crippen LogP contribution in [0.1, 0.15) is 28.8 Å². The average Bonchev–Trinajstić information content (AvgIpc) is 3.39. The van der Waals surface area contributed by atoms with Gasteiger partial charge in [-0.2, -0.15) is 15.0 Å². The number of ether oxygens (including phenoxy) is 1. The third kappa shape index (κ3) is 3.95. The molecule has 0 aliphatic carbocycles. The monoisotopic (exact) mass is 393 g/mol. The molecule has 148 valence electrons. The summed E-state index contributed by atoms with van der Waals surface area (Å²) in [5, 5.41) is 18.6. The summed E-state index contributed by atoms with van der Waals surface area (Å²) < 4.78 is 7.89. The highest BCUT2D eigenvalue weighted by Crippen LogP contribution is 2.13. The van der Waals surface area contributed by atoms with Crippen molar-refractivity contribution in [2.45, 2.75) is 12.8 Å². The summed E-state index contributed by atoms with van der Waals surface area (Å²) in [6.45, 7) is 2.08. The number of nitrogens with one attached hydrogen (secondary N) is 2. The van der Waals surface area contributed by atoms with Gasteiger partial charge in [0.25, 0.3) is 11.5 Å². The molecule has 0 radical (unpaired) electrons. The molecule has 29 heavy (non-hydrogen) atoms. The van der Waals surface area contributed by atoms with Crippen molar-refractivity contribution in [2.75, 3.05) is 19.8 Å². The molecule has 1 amide bonds. The molecular formula is C19H19N7O3. The Morgan fingerprint density at radius 1 is 1.34 bits per heavy atom. The number of carbonyl (C=O) groups is 1. The zero-order valence-electron chi connectivity index (χ0n) is 15.5. The van der Waals surface area contributed by atoms with Gasteiger partial charge in [0.2, 0.25) is 0 Å². The van der Waals surface area contributed by atoms with Crippen molar-refractivity contribution in [1.82, 2.24) is 29.9 Å². The first-order chi connectivity index (χ1) is 14.2. The molecule has 0 bridgehead atoms. The van der Waals surface area contributed by atoms with Crippen LogP contribution in [0.25, 0.3) is 11.5 Å². The van der Waals surface area contributed by atoms with Crippen LogP contribution < -0.4 is 10.9 Å². The lowest BCUT2D eigenvalue weighted by molar-refractivity contribution is 0.0642. The number of nitriles is 1. The van der Waals surface area contributed by atoms with Crippen LogP contribution in [0, 0.1) is 17.2 Å². The second-order valence-corrected chi connectivity index (χ2v) is 6.76. The minimum atomic E-state index is -0.373. The van der Waals surface area contributed by atoms with Crippen molar-refractivity contribution in [3.8, 4) is 17.6 Å². The molecule has 0 spiro atoms. The predicted molar refractivity (Wildman–Crippen MR) is 102 cm³/mol. The molecule has 0 saturated carbocycles. The van der Waals surface area contributed by atoms with E-state index in [4.69, 9.17) is 10.00 Å². The summed E-state index contributed by atoms with van der Waals surface area (Å²) in [5.74, 6) is 0.574. The van der Waals surface area contributed by atoms with E-state index in [1.54, 1.807) is 12.1 Å². The Labute approximate surface area is 165 Å². The number of hydrogen-bond donors (Lipinski definition) is 2. The number of amides is 1. The fourth-order valence-electron chi connectivity index (χ4n) is 3.15. The summed E-state index contributed by atoms with van der Waals surface area (Å²) in [4.78, 5) is 29.2. The van der Waals surface area contributed by atoms with Gasteiger partial charge in [0.15, 0.2) is 5.82 Å². The second kappa shape index (κ2) is 8.12. The van der Waals surface area contributed by atoms with Crippen LogP contribution in [-0.2, 0) is 4.74 Å². The van der Waals surface area contributed by atoms with E-state index in [1.165, 1.54) is 34.2 Å². The zero-order chi connectivity index (χ0) is 20.2. The molecular weight excluding hydrogens is 374 g/mol. The molecule has 2 N–H and O–H groups in total. The van der Waals surface area contributed by atoms with E-state index in [0.717, 1.165) is 26.1 Å². The summed E-state index contributed by atoms with van der Waals surface area (Å²) in [6, 6.07) is 5.18. The Kier molecular flexibility index (Phi) is 5.22. The minimum absolute atomic E-state index is 0.198. The smallest absolute Gasteiger partial charge is 0.298 e. The first kappa shape index (κ1) is 18.6. The average molecular weight is 393 g/mol. The Hall–Kier alpha value is -3.71. The van der Waals surface area contributed by atoms with Crippen molar-refractivity contribution in [3.05, 3.63) is 58.4 Å². The molecule has 0 atom stereocenters. The van der Waals surface area contributed by atoms with Crippen LogP contribution in [0.15, 0.2) is 41.7 Å². The minimum Gasteiger partial charge on any atom is -0.381 e. The third-order valence-corrected chi connectivity index (χ3v) is 4.84. The molecule has 0 unspecified atom stereocenters. The Morgan fingerprint density at radius 3 is 2.86 bits per heavy atom. The van der Waals surface area contributed by atoms with E-state index in [2.05, 4.69) is 20.5 Å². The van der Waals surface area contributed by atoms with Crippen molar-refractivity contribution >= 4 is 5.91 Å². The van der Waals surface area contributed by atoms with E-state index in [0.29, 0.717) is 29.4 Å². The van der Waals surface area contributed by atoms with Crippen LogP contribution in [0.3, 0.4) is 0 Å². The molecule has 10 heteroatoms. The SMILES string of the molecule is N#Cc1cnn(-c2c[nH]n(-c3ccc(C(=O)NCC4CCOCC4)cn3)c2=O)c1. The van der Waals surface area contributed by atoms with Crippen LogP contribution >= 0.6 is 0 Å². The Balaban J connectivity index is 1.46. The molecule has 4 heterocycles. The van der Waals surface area contributed by atoms with E-state index in [1.807, 2.05) is 6.07 Å². The predicted octanol–water partition coefficient (Wildman–Crippen LogP) is 0.774. The molecule has 1 fully saturated rings. The Bertz CT molecular complexity index is 1100. The van der Waals surface area contributed by atoms with Crippen LogP contribution in [0.2, 0.25) is 0 Å². The number of pyridine rings is 1. The van der Waals surface area contributed by atoms with Crippen molar-refractivity contribution in [3.63, 3.8) is 0 Å². The highest BCUT2D eigenvalue weighted by atomic mass is 16.5. The van der Waals surface area contributed by atoms with E-state index in [9.17, 15) is 9.59 Å². The molecule has 1 aliphatic heterocycles. The van der Waals surface area contributed by atoms with Gasteiger partial charge in [-0.25, -0.2) is 9.67 Å². The first-order valence-corrected chi connectivity index (χ1v) is 9.23. The number of carbonyl (C=O) groups excluding carboxylic acids is 1. The molecule has 10 nitrogen and oxygen atoms in total. The summed E-state index contributed by atoms with van der Waals surface area (Å²) in [7, 11) is 0. The molecule has 1 saturated heterocycles. The molecule has 0 aromatic carbocycles. The fourth-order valence-corrected chi connectivity index (χ4v) is 3.15. The summed E-state index contributed by atoms with van der Waals surface area (Å²) >= 11 is 0. The second-order valence-electron chi connectivity index (χ2n) is 6.76. The quantitative estimate of drug-likeness (QED) is 0.658. The first-order valence-electron chi connectivity index (χ1n) is 9.23. The maximum absolute atomic E-state index is 12.6. The van der Waals surface area contributed by atoms with Gasteiger partial charge in [0, 0.05) is 32.2 Å². The van der Waals surface area contributed by atoms with Gasteiger partial charge in [0.05, 0.1) is 23.5 Å². The maximum Gasteiger partial charge on any atom is 0.298 e. The third-order valence-electron chi connectivity index (χ3n) is 4.84. The highest BCUT2D eigenvalue weighted by Gasteiger charge is 2.16. The molecule has 4 rings (SSSR count). The van der Waals surface area contributed by atoms with Gasteiger partial charge in [0.1, 0.15) is 11.8 Å². The van der Waals surface area contributed by atoms with Crippen LogP contribution in [0.4, 0.5) is 0 Å². The van der Waals surface area contributed by atoms with Crippen LogP contribution in [0.5, 0.6) is 0 Å².